The maximum Gasteiger partial charge on any atom is 0.137 e. The molecule has 0 aromatic heterocycles. The van der Waals surface area contributed by atoms with Gasteiger partial charge in [0.25, 0.3) is 0 Å². The highest BCUT2D eigenvalue weighted by atomic mass is 32.2. The molecule has 1 aliphatic rings. The number of carbonyl (C=O) groups is 1. The maximum atomic E-state index is 11.8. The summed E-state index contributed by atoms with van der Waals surface area (Å²) in [4.78, 5) is 11.8. The Bertz CT molecular complexity index is 198. The first kappa shape index (κ1) is 11.1. The fourth-order valence-electron chi connectivity index (χ4n) is 2.08. The standard InChI is InChI=1S/C11H20OS/c1-8-5-6-9(10(12)7-8)11(2,3)13-4/h8-9H,5-7H2,1-4H3/t8-,9-/m1/s1. The number of thioether (sulfide) groups is 1. The zero-order valence-corrected chi connectivity index (χ0v) is 9.91. The molecule has 0 aromatic rings. The summed E-state index contributed by atoms with van der Waals surface area (Å²) in [5.41, 5.74) is 0. The molecular weight excluding hydrogens is 180 g/mol. The van der Waals surface area contributed by atoms with E-state index >= 15 is 0 Å². The zero-order valence-electron chi connectivity index (χ0n) is 9.09. The lowest BCUT2D eigenvalue weighted by molar-refractivity contribution is -0.126. The highest BCUT2D eigenvalue weighted by molar-refractivity contribution is 8.00. The molecule has 0 amide bonds. The first-order chi connectivity index (χ1) is 5.97. The average molecular weight is 200 g/mol. The molecule has 2 atom stereocenters. The Kier molecular flexibility index (Phi) is 3.44. The van der Waals surface area contributed by atoms with Crippen LogP contribution in [0.5, 0.6) is 0 Å². The molecule has 0 N–H and O–H groups in total. The summed E-state index contributed by atoms with van der Waals surface area (Å²) in [6.45, 7) is 6.56. The lowest BCUT2D eigenvalue weighted by atomic mass is 9.76. The van der Waals surface area contributed by atoms with Crippen LogP contribution in [-0.2, 0) is 4.79 Å². The van der Waals surface area contributed by atoms with Crippen molar-refractivity contribution in [3.8, 4) is 0 Å². The van der Waals surface area contributed by atoms with E-state index in [9.17, 15) is 4.79 Å². The molecule has 0 spiro atoms. The highest BCUT2D eigenvalue weighted by Crippen LogP contribution is 2.39. The third-order valence-corrected chi connectivity index (χ3v) is 4.59. The second-order valence-electron chi connectivity index (χ2n) is 4.71. The first-order valence-electron chi connectivity index (χ1n) is 5.05. The number of Topliss-reactive ketones (excluding diaryl/α,β-unsaturated/α-hetero) is 1. The molecule has 1 fully saturated rings. The van der Waals surface area contributed by atoms with E-state index in [1.165, 1.54) is 6.42 Å². The van der Waals surface area contributed by atoms with Gasteiger partial charge < -0.3 is 0 Å². The van der Waals surface area contributed by atoms with Crippen LogP contribution in [0.25, 0.3) is 0 Å². The lowest BCUT2D eigenvalue weighted by Gasteiger charge is -2.36. The molecule has 1 saturated carbocycles. The Labute approximate surface area is 85.7 Å². The van der Waals surface area contributed by atoms with Crippen molar-refractivity contribution in [2.75, 3.05) is 6.26 Å². The zero-order chi connectivity index (χ0) is 10.1. The van der Waals surface area contributed by atoms with Gasteiger partial charge in [0.2, 0.25) is 0 Å². The van der Waals surface area contributed by atoms with Crippen LogP contribution >= 0.6 is 11.8 Å². The van der Waals surface area contributed by atoms with Gasteiger partial charge in [-0.25, -0.2) is 0 Å². The number of carbonyl (C=O) groups excluding carboxylic acids is 1. The number of hydrogen-bond acceptors (Lipinski definition) is 2. The normalized spacial score (nSPS) is 30.6. The lowest BCUT2D eigenvalue weighted by Crippen LogP contribution is -2.37. The van der Waals surface area contributed by atoms with E-state index in [4.69, 9.17) is 0 Å². The molecule has 1 nitrogen and oxygen atoms in total. The topological polar surface area (TPSA) is 17.1 Å². The van der Waals surface area contributed by atoms with Crippen molar-refractivity contribution in [1.29, 1.82) is 0 Å². The molecule has 1 rings (SSSR count). The van der Waals surface area contributed by atoms with Crippen molar-refractivity contribution in [2.45, 2.75) is 44.8 Å². The quantitative estimate of drug-likeness (QED) is 0.681. The summed E-state index contributed by atoms with van der Waals surface area (Å²) in [5, 5.41) is 0. The van der Waals surface area contributed by atoms with Crippen molar-refractivity contribution >= 4 is 17.5 Å². The largest absolute Gasteiger partial charge is 0.299 e. The van der Waals surface area contributed by atoms with E-state index in [-0.39, 0.29) is 4.75 Å². The average Bonchev–Trinajstić information content (AvgIpc) is 2.03. The fraction of sp³-hybridized carbons (Fsp3) is 0.909. The molecule has 0 saturated heterocycles. The van der Waals surface area contributed by atoms with E-state index < -0.39 is 0 Å². The van der Waals surface area contributed by atoms with Crippen molar-refractivity contribution in [3.05, 3.63) is 0 Å². The summed E-state index contributed by atoms with van der Waals surface area (Å²) in [5.74, 6) is 1.39. The molecule has 0 bridgehead atoms. The van der Waals surface area contributed by atoms with Gasteiger partial charge in [0.05, 0.1) is 0 Å². The second-order valence-corrected chi connectivity index (χ2v) is 6.17. The summed E-state index contributed by atoms with van der Waals surface area (Å²) in [6, 6.07) is 0. The van der Waals surface area contributed by atoms with Crippen LogP contribution in [0.4, 0.5) is 0 Å². The third kappa shape index (κ3) is 2.49. The summed E-state index contributed by atoms with van der Waals surface area (Å²) in [7, 11) is 0. The SMILES string of the molecule is CSC(C)(C)[C@@H]1CC[C@@H](C)CC1=O. The predicted molar refractivity (Wildman–Crippen MR) is 59.1 cm³/mol. The second kappa shape index (κ2) is 4.04. The van der Waals surface area contributed by atoms with E-state index in [0.29, 0.717) is 17.6 Å². The van der Waals surface area contributed by atoms with Gasteiger partial charge >= 0.3 is 0 Å². The van der Waals surface area contributed by atoms with E-state index in [1.807, 2.05) is 11.8 Å². The molecule has 0 unspecified atom stereocenters. The molecule has 1 aliphatic carbocycles. The van der Waals surface area contributed by atoms with Gasteiger partial charge in [0.1, 0.15) is 5.78 Å². The van der Waals surface area contributed by atoms with Crippen LogP contribution < -0.4 is 0 Å². The molecular formula is C11H20OS. The third-order valence-electron chi connectivity index (χ3n) is 3.25. The maximum absolute atomic E-state index is 11.8. The number of hydrogen-bond donors (Lipinski definition) is 0. The van der Waals surface area contributed by atoms with E-state index in [1.54, 1.807) is 0 Å². The summed E-state index contributed by atoms with van der Waals surface area (Å²) in [6.07, 6.45) is 5.22. The van der Waals surface area contributed by atoms with Crippen LogP contribution in [0.1, 0.15) is 40.0 Å². The minimum atomic E-state index is 0.136. The van der Waals surface area contributed by atoms with Gasteiger partial charge in [-0.3, -0.25) is 4.79 Å². The Morgan fingerprint density at radius 2 is 2.00 bits per heavy atom. The molecule has 0 radical (unpaired) electrons. The van der Waals surface area contributed by atoms with Crippen LogP contribution in [-0.4, -0.2) is 16.8 Å². The molecule has 0 aliphatic heterocycles. The van der Waals surface area contributed by atoms with Crippen LogP contribution in [0.2, 0.25) is 0 Å². The van der Waals surface area contributed by atoms with Gasteiger partial charge in [-0.1, -0.05) is 20.8 Å². The number of ketones is 1. The molecule has 76 valence electrons. The van der Waals surface area contributed by atoms with E-state index in [2.05, 4.69) is 27.0 Å². The molecule has 13 heavy (non-hydrogen) atoms. The van der Waals surface area contributed by atoms with Gasteiger partial charge in [0.15, 0.2) is 0 Å². The minimum absolute atomic E-state index is 0.136. The van der Waals surface area contributed by atoms with Crippen molar-refractivity contribution in [1.82, 2.24) is 0 Å². The van der Waals surface area contributed by atoms with Crippen LogP contribution in [0.15, 0.2) is 0 Å². The summed E-state index contributed by atoms with van der Waals surface area (Å²) < 4.78 is 0.136. The van der Waals surface area contributed by atoms with Gasteiger partial charge in [-0.2, -0.15) is 11.8 Å². The van der Waals surface area contributed by atoms with Crippen molar-refractivity contribution in [2.24, 2.45) is 11.8 Å². The molecule has 2 heteroatoms. The van der Waals surface area contributed by atoms with Gasteiger partial charge in [-0.05, 0) is 25.0 Å². The minimum Gasteiger partial charge on any atom is -0.299 e. The van der Waals surface area contributed by atoms with Crippen LogP contribution in [0, 0.1) is 11.8 Å². The Balaban J connectivity index is 2.66. The van der Waals surface area contributed by atoms with Gasteiger partial charge in [-0.15, -0.1) is 0 Å². The fourth-order valence-corrected chi connectivity index (χ4v) is 2.61. The van der Waals surface area contributed by atoms with Gasteiger partial charge in [0, 0.05) is 17.1 Å². The van der Waals surface area contributed by atoms with Crippen molar-refractivity contribution in [3.63, 3.8) is 0 Å². The monoisotopic (exact) mass is 200 g/mol. The highest BCUT2D eigenvalue weighted by Gasteiger charge is 2.37. The van der Waals surface area contributed by atoms with Crippen LogP contribution in [0.3, 0.4) is 0 Å². The van der Waals surface area contributed by atoms with Crippen molar-refractivity contribution < 1.29 is 4.79 Å². The number of rotatable bonds is 2. The Morgan fingerprint density at radius 3 is 2.46 bits per heavy atom. The molecule has 0 aromatic carbocycles. The Morgan fingerprint density at radius 1 is 1.38 bits per heavy atom. The first-order valence-corrected chi connectivity index (χ1v) is 6.27. The van der Waals surface area contributed by atoms with E-state index in [0.717, 1.165) is 12.8 Å². The molecule has 0 heterocycles. The smallest absolute Gasteiger partial charge is 0.137 e. The Hall–Kier alpha value is 0.0200. The summed E-state index contributed by atoms with van der Waals surface area (Å²) >= 11 is 1.82. The predicted octanol–water partition coefficient (Wildman–Crippen LogP) is 3.13.